The van der Waals surface area contributed by atoms with Gasteiger partial charge in [0.25, 0.3) is 0 Å². The van der Waals surface area contributed by atoms with Crippen LogP contribution in [-0.2, 0) is 9.53 Å². The molecule has 0 aliphatic carbocycles. The Morgan fingerprint density at radius 1 is 1.09 bits per heavy atom. The molecule has 2 N–H and O–H groups in total. The molecule has 32 heavy (non-hydrogen) atoms. The van der Waals surface area contributed by atoms with Gasteiger partial charge in [0, 0.05) is 84.3 Å². The predicted octanol–water partition coefficient (Wildman–Crippen LogP) is 0.411. The second-order valence-corrected chi connectivity index (χ2v) is 7.66. The zero-order chi connectivity index (χ0) is 21.7. The molecule has 3 heterocycles. The van der Waals surface area contributed by atoms with Crippen LogP contribution in [0.25, 0.3) is 0 Å². The van der Waals surface area contributed by atoms with Gasteiger partial charge in [-0.25, -0.2) is 9.97 Å². The van der Waals surface area contributed by atoms with Gasteiger partial charge >= 0.3 is 0 Å². The number of halogens is 1. The van der Waals surface area contributed by atoms with Crippen LogP contribution in [-0.4, -0.2) is 110 Å². The Morgan fingerprint density at radius 2 is 1.81 bits per heavy atom. The fourth-order valence-corrected chi connectivity index (χ4v) is 3.71. The maximum absolute atomic E-state index is 12.6. The first-order valence-electron chi connectivity index (χ1n) is 11.4. The topological polar surface area (TPSA) is 98.2 Å². The number of ether oxygens (including phenoxy) is 1. The lowest BCUT2D eigenvalue weighted by molar-refractivity contribution is -0.131. The van der Waals surface area contributed by atoms with Gasteiger partial charge in [-0.15, -0.1) is 24.0 Å². The van der Waals surface area contributed by atoms with E-state index in [-0.39, 0.29) is 29.9 Å². The van der Waals surface area contributed by atoms with Crippen molar-refractivity contribution in [1.82, 2.24) is 30.4 Å². The van der Waals surface area contributed by atoms with Crippen LogP contribution in [0.2, 0.25) is 0 Å². The standard InChI is InChI=1S/C21H36N8O2.HI/c1-2-22-20(23-8-4-10-27-15-17-31-18-16-27)24-9-5-19(30)28-11-13-29(14-12-28)21-25-6-3-7-26-21;/h3,6-7H,2,4-5,8-18H2,1H3,(H2,22,23,24);1H. The van der Waals surface area contributed by atoms with Crippen LogP contribution < -0.4 is 15.5 Å². The Hall–Kier alpha value is -1.73. The minimum Gasteiger partial charge on any atom is -0.379 e. The third kappa shape index (κ3) is 9.02. The molecule has 10 nitrogen and oxygen atoms in total. The molecule has 0 saturated carbocycles. The van der Waals surface area contributed by atoms with Gasteiger partial charge in [0.2, 0.25) is 11.9 Å². The molecule has 2 fully saturated rings. The van der Waals surface area contributed by atoms with E-state index in [2.05, 4.69) is 35.4 Å². The van der Waals surface area contributed by atoms with E-state index < -0.39 is 0 Å². The number of guanidine groups is 1. The maximum atomic E-state index is 12.6. The number of rotatable bonds is 9. The summed E-state index contributed by atoms with van der Waals surface area (Å²) in [6.07, 6.45) is 4.97. The molecule has 0 atom stereocenters. The number of hydrogen-bond donors (Lipinski definition) is 2. The van der Waals surface area contributed by atoms with E-state index in [1.165, 1.54) is 0 Å². The summed E-state index contributed by atoms with van der Waals surface area (Å²) in [5.41, 5.74) is 0. The highest BCUT2D eigenvalue weighted by Gasteiger charge is 2.22. The normalized spacial score (nSPS) is 17.6. The molecule has 180 valence electrons. The molecule has 3 rings (SSSR count). The van der Waals surface area contributed by atoms with Gasteiger partial charge in [-0.2, -0.15) is 0 Å². The SMILES string of the molecule is CCNC(=NCCCN1CCOCC1)NCCC(=O)N1CCN(c2ncccn2)CC1.I. The first-order valence-corrected chi connectivity index (χ1v) is 11.4. The van der Waals surface area contributed by atoms with Crippen molar-refractivity contribution in [2.24, 2.45) is 4.99 Å². The van der Waals surface area contributed by atoms with Crippen molar-refractivity contribution >= 4 is 41.8 Å². The van der Waals surface area contributed by atoms with E-state index in [0.717, 1.165) is 77.4 Å². The molecule has 11 heteroatoms. The molecule has 2 saturated heterocycles. The number of piperazine rings is 1. The number of morpholine rings is 1. The number of hydrogen-bond acceptors (Lipinski definition) is 7. The Kier molecular flexibility index (Phi) is 12.6. The van der Waals surface area contributed by atoms with Gasteiger partial charge in [-0.3, -0.25) is 14.7 Å². The summed E-state index contributed by atoms with van der Waals surface area (Å²) in [5.74, 6) is 1.68. The quantitative estimate of drug-likeness (QED) is 0.194. The zero-order valence-electron chi connectivity index (χ0n) is 19.0. The number of nitrogens with one attached hydrogen (secondary N) is 2. The summed E-state index contributed by atoms with van der Waals surface area (Å²) in [5, 5.41) is 6.55. The van der Waals surface area contributed by atoms with Crippen molar-refractivity contribution < 1.29 is 9.53 Å². The van der Waals surface area contributed by atoms with Crippen molar-refractivity contribution in [1.29, 1.82) is 0 Å². The smallest absolute Gasteiger partial charge is 0.225 e. The molecular weight excluding hydrogens is 523 g/mol. The van der Waals surface area contributed by atoms with Crippen molar-refractivity contribution in [3.8, 4) is 0 Å². The largest absolute Gasteiger partial charge is 0.379 e. The van der Waals surface area contributed by atoms with Gasteiger partial charge in [0.1, 0.15) is 0 Å². The maximum Gasteiger partial charge on any atom is 0.225 e. The summed E-state index contributed by atoms with van der Waals surface area (Å²) in [4.78, 5) is 32.3. The zero-order valence-corrected chi connectivity index (χ0v) is 21.4. The molecule has 0 bridgehead atoms. The van der Waals surface area contributed by atoms with Crippen LogP contribution >= 0.6 is 24.0 Å². The molecule has 1 aromatic rings. The number of carbonyl (C=O) groups is 1. The van der Waals surface area contributed by atoms with E-state index in [4.69, 9.17) is 4.74 Å². The molecule has 0 spiro atoms. The first kappa shape index (κ1) is 26.5. The fraction of sp³-hybridized carbons (Fsp3) is 0.714. The lowest BCUT2D eigenvalue weighted by Crippen LogP contribution is -2.50. The van der Waals surface area contributed by atoms with E-state index in [1.54, 1.807) is 12.4 Å². The molecular formula is C21H37IN8O2. The second kappa shape index (κ2) is 15.2. The third-order valence-electron chi connectivity index (χ3n) is 5.45. The Bertz CT molecular complexity index is 680. The Morgan fingerprint density at radius 3 is 2.50 bits per heavy atom. The van der Waals surface area contributed by atoms with Crippen LogP contribution in [0.3, 0.4) is 0 Å². The average Bonchev–Trinajstić information content (AvgIpc) is 2.83. The molecule has 0 aromatic carbocycles. The molecule has 1 aromatic heterocycles. The van der Waals surface area contributed by atoms with E-state index in [0.29, 0.717) is 26.1 Å². The minimum atomic E-state index is 0. The summed E-state index contributed by atoms with van der Waals surface area (Å²) < 4.78 is 5.38. The van der Waals surface area contributed by atoms with E-state index in [9.17, 15) is 4.79 Å². The van der Waals surface area contributed by atoms with Crippen molar-refractivity contribution in [3.63, 3.8) is 0 Å². The lowest BCUT2D eigenvalue weighted by atomic mass is 10.3. The van der Waals surface area contributed by atoms with Crippen molar-refractivity contribution in [2.45, 2.75) is 19.8 Å². The van der Waals surface area contributed by atoms with Gasteiger partial charge in [0.15, 0.2) is 5.96 Å². The summed E-state index contributed by atoms with van der Waals surface area (Å²) >= 11 is 0. The van der Waals surface area contributed by atoms with Crippen LogP contribution in [0.4, 0.5) is 5.95 Å². The second-order valence-electron chi connectivity index (χ2n) is 7.66. The van der Waals surface area contributed by atoms with E-state index in [1.807, 2.05) is 17.9 Å². The average molecular weight is 560 g/mol. The monoisotopic (exact) mass is 560 g/mol. The number of nitrogens with zero attached hydrogens (tertiary/aromatic N) is 6. The predicted molar refractivity (Wildman–Crippen MR) is 137 cm³/mol. The van der Waals surface area contributed by atoms with Gasteiger partial charge in [-0.1, -0.05) is 0 Å². The molecule has 2 aliphatic heterocycles. The van der Waals surface area contributed by atoms with Gasteiger partial charge in [-0.05, 0) is 19.4 Å². The highest BCUT2D eigenvalue weighted by atomic mass is 127. The highest BCUT2D eigenvalue weighted by molar-refractivity contribution is 14.0. The van der Waals surface area contributed by atoms with Crippen LogP contribution in [0, 0.1) is 0 Å². The molecule has 1 amide bonds. The van der Waals surface area contributed by atoms with Crippen LogP contribution in [0.15, 0.2) is 23.5 Å². The lowest BCUT2D eigenvalue weighted by Gasteiger charge is -2.34. The number of amides is 1. The van der Waals surface area contributed by atoms with Gasteiger partial charge < -0.3 is 25.2 Å². The summed E-state index contributed by atoms with van der Waals surface area (Å²) in [6, 6.07) is 1.81. The number of aromatic nitrogens is 2. The number of anilines is 1. The summed E-state index contributed by atoms with van der Waals surface area (Å²) in [6.45, 7) is 11.8. The Labute approximate surface area is 208 Å². The van der Waals surface area contributed by atoms with E-state index >= 15 is 0 Å². The van der Waals surface area contributed by atoms with Crippen LogP contribution in [0.1, 0.15) is 19.8 Å². The van der Waals surface area contributed by atoms with Crippen LogP contribution in [0.5, 0.6) is 0 Å². The molecule has 0 radical (unpaired) electrons. The van der Waals surface area contributed by atoms with Crippen molar-refractivity contribution in [3.05, 3.63) is 18.5 Å². The van der Waals surface area contributed by atoms with Gasteiger partial charge in [0.05, 0.1) is 13.2 Å². The highest BCUT2D eigenvalue weighted by Crippen LogP contribution is 2.10. The molecule has 0 unspecified atom stereocenters. The fourth-order valence-electron chi connectivity index (χ4n) is 3.71. The summed E-state index contributed by atoms with van der Waals surface area (Å²) in [7, 11) is 0. The molecule has 2 aliphatic rings. The minimum absolute atomic E-state index is 0. The first-order chi connectivity index (χ1) is 15.3. The number of carbonyl (C=O) groups excluding carboxylic acids is 1. The number of aliphatic imine (C=N–C) groups is 1. The third-order valence-corrected chi connectivity index (χ3v) is 5.45. The van der Waals surface area contributed by atoms with Crippen molar-refractivity contribution in [2.75, 3.05) is 83.6 Å². The Balaban J connectivity index is 0.00000363.